The average molecular weight is 380 g/mol. The van der Waals surface area contributed by atoms with Crippen molar-refractivity contribution in [2.75, 3.05) is 13.7 Å². The van der Waals surface area contributed by atoms with Crippen LogP contribution in [0.3, 0.4) is 0 Å². The summed E-state index contributed by atoms with van der Waals surface area (Å²) >= 11 is 0. The first-order valence-electron chi connectivity index (χ1n) is 8.68. The fourth-order valence-electron chi connectivity index (χ4n) is 2.73. The van der Waals surface area contributed by atoms with Gasteiger partial charge in [0.2, 0.25) is 11.8 Å². The van der Waals surface area contributed by atoms with Gasteiger partial charge in [-0.1, -0.05) is 48.5 Å². The van der Waals surface area contributed by atoms with Crippen LogP contribution in [0.15, 0.2) is 60.8 Å². The van der Waals surface area contributed by atoms with E-state index in [9.17, 15) is 14.4 Å². The molecule has 3 aromatic rings. The molecule has 1 atom stereocenters. The number of nitrogens with one attached hydrogen (secondary N) is 2. The number of ether oxygens (including phenoxy) is 1. The summed E-state index contributed by atoms with van der Waals surface area (Å²) in [4.78, 5) is 36.3. The van der Waals surface area contributed by atoms with Crippen LogP contribution in [-0.2, 0) is 25.7 Å². The second kappa shape index (κ2) is 8.81. The minimum Gasteiger partial charge on any atom is -0.467 e. The molecule has 0 unspecified atom stereocenters. The molecule has 2 aromatic carbocycles. The van der Waals surface area contributed by atoms with Crippen LogP contribution in [0, 0.1) is 0 Å². The fourth-order valence-corrected chi connectivity index (χ4v) is 2.73. The molecule has 0 aliphatic rings. The molecular weight excluding hydrogens is 360 g/mol. The number of hydrogen-bond donors (Lipinski definition) is 2. The third-order valence-electron chi connectivity index (χ3n) is 4.09. The minimum absolute atomic E-state index is 0.0128. The number of amides is 2. The Hall–Kier alpha value is -3.68. The maximum Gasteiger partial charge on any atom is 0.333 e. The Labute approximate surface area is 161 Å². The predicted octanol–water partition coefficient (Wildman–Crippen LogP) is 1.18. The Morgan fingerprint density at radius 2 is 1.75 bits per heavy atom. The summed E-state index contributed by atoms with van der Waals surface area (Å²) in [6, 6.07) is 15.3. The zero-order valence-electron chi connectivity index (χ0n) is 15.3. The van der Waals surface area contributed by atoms with Gasteiger partial charge in [-0.25, -0.2) is 4.79 Å². The summed E-state index contributed by atoms with van der Waals surface area (Å²) < 4.78 is 6.26. The molecule has 8 heteroatoms. The number of carbonyl (C=O) groups excluding carboxylic acids is 3. The van der Waals surface area contributed by atoms with Crippen LogP contribution in [-0.4, -0.2) is 41.2 Å². The van der Waals surface area contributed by atoms with E-state index >= 15 is 0 Å². The molecular formula is C20H20N4O4. The number of rotatable bonds is 7. The molecule has 2 amide bonds. The number of benzene rings is 2. The highest BCUT2D eigenvalue weighted by atomic mass is 16.5. The molecule has 0 aliphatic heterocycles. The van der Waals surface area contributed by atoms with Crippen molar-refractivity contribution >= 4 is 28.7 Å². The van der Waals surface area contributed by atoms with E-state index in [0.717, 1.165) is 10.9 Å². The SMILES string of the molecule is COC(=O)[C@@H](NC(=O)CNC(=O)Cn1cc2ccccc2n1)c1ccccc1. The normalized spacial score (nSPS) is 11.6. The lowest BCUT2D eigenvalue weighted by Crippen LogP contribution is -2.42. The van der Waals surface area contributed by atoms with Crippen LogP contribution in [0.5, 0.6) is 0 Å². The monoisotopic (exact) mass is 380 g/mol. The minimum atomic E-state index is -0.938. The lowest BCUT2D eigenvalue weighted by molar-refractivity contribution is -0.145. The summed E-state index contributed by atoms with van der Waals surface area (Å²) in [6.45, 7) is -0.277. The van der Waals surface area contributed by atoms with Gasteiger partial charge in [0.05, 0.1) is 19.2 Å². The molecule has 0 fully saturated rings. The summed E-state index contributed by atoms with van der Waals surface area (Å²) in [5.41, 5.74) is 1.38. The zero-order valence-corrected chi connectivity index (χ0v) is 15.3. The summed E-state index contributed by atoms with van der Waals surface area (Å²) in [5.74, 6) is -1.45. The molecule has 1 aromatic heterocycles. The van der Waals surface area contributed by atoms with Crippen molar-refractivity contribution in [1.82, 2.24) is 20.4 Å². The number of carbonyl (C=O) groups is 3. The molecule has 28 heavy (non-hydrogen) atoms. The maximum absolute atomic E-state index is 12.2. The number of esters is 1. The fraction of sp³-hybridized carbons (Fsp3) is 0.200. The first kappa shape index (κ1) is 19.1. The van der Waals surface area contributed by atoms with Crippen molar-refractivity contribution in [3.05, 3.63) is 66.4 Å². The summed E-state index contributed by atoms with van der Waals surface area (Å²) in [5, 5.41) is 10.3. The molecule has 144 valence electrons. The van der Waals surface area contributed by atoms with E-state index in [1.807, 2.05) is 24.3 Å². The smallest absolute Gasteiger partial charge is 0.333 e. The van der Waals surface area contributed by atoms with Crippen LogP contribution < -0.4 is 10.6 Å². The van der Waals surface area contributed by atoms with Gasteiger partial charge < -0.3 is 15.4 Å². The molecule has 0 saturated carbocycles. The number of nitrogens with zero attached hydrogens (tertiary/aromatic N) is 2. The third kappa shape index (κ3) is 4.73. The molecule has 0 radical (unpaired) electrons. The summed E-state index contributed by atoms with van der Waals surface area (Å²) in [6.07, 6.45) is 1.76. The van der Waals surface area contributed by atoms with Gasteiger partial charge in [-0.2, -0.15) is 5.10 Å². The van der Waals surface area contributed by atoms with Gasteiger partial charge in [-0.3, -0.25) is 14.3 Å². The van der Waals surface area contributed by atoms with Crippen LogP contribution in [0.4, 0.5) is 0 Å². The Bertz CT molecular complexity index is 951. The quantitative estimate of drug-likeness (QED) is 0.600. The first-order chi connectivity index (χ1) is 13.6. The van der Waals surface area contributed by atoms with Crippen molar-refractivity contribution in [2.24, 2.45) is 0 Å². The molecule has 0 aliphatic carbocycles. The molecule has 2 N–H and O–H groups in total. The Morgan fingerprint density at radius 1 is 1.04 bits per heavy atom. The van der Waals surface area contributed by atoms with Gasteiger partial charge in [0.25, 0.3) is 0 Å². The molecule has 0 bridgehead atoms. The largest absolute Gasteiger partial charge is 0.467 e. The van der Waals surface area contributed by atoms with Crippen molar-refractivity contribution in [3.63, 3.8) is 0 Å². The number of aromatic nitrogens is 2. The standard InChI is InChI=1S/C20H20N4O4/c1-28-20(27)19(14-7-3-2-4-8-14)22-17(25)11-21-18(26)13-24-12-15-9-5-6-10-16(15)23-24/h2-10,12,19H,11,13H2,1H3,(H,21,26)(H,22,25)/t19-/m0/s1. The van der Waals surface area contributed by atoms with Crippen LogP contribution in [0.2, 0.25) is 0 Å². The first-order valence-corrected chi connectivity index (χ1v) is 8.68. The molecule has 1 heterocycles. The van der Waals surface area contributed by atoms with E-state index in [4.69, 9.17) is 4.74 Å². The second-order valence-electron chi connectivity index (χ2n) is 6.10. The van der Waals surface area contributed by atoms with E-state index in [1.54, 1.807) is 36.5 Å². The van der Waals surface area contributed by atoms with E-state index < -0.39 is 17.9 Å². The van der Waals surface area contributed by atoms with Gasteiger partial charge in [0, 0.05) is 11.6 Å². The lowest BCUT2D eigenvalue weighted by atomic mass is 10.1. The second-order valence-corrected chi connectivity index (χ2v) is 6.10. The Balaban J connectivity index is 1.54. The zero-order chi connectivity index (χ0) is 19.9. The lowest BCUT2D eigenvalue weighted by Gasteiger charge is -2.17. The highest BCUT2D eigenvalue weighted by molar-refractivity contribution is 5.89. The van der Waals surface area contributed by atoms with E-state index in [2.05, 4.69) is 15.7 Å². The van der Waals surface area contributed by atoms with Gasteiger partial charge in [0.15, 0.2) is 6.04 Å². The summed E-state index contributed by atoms with van der Waals surface area (Å²) in [7, 11) is 1.25. The molecule has 0 saturated heterocycles. The molecule has 3 rings (SSSR count). The van der Waals surface area contributed by atoms with E-state index in [0.29, 0.717) is 5.56 Å². The average Bonchev–Trinajstić information content (AvgIpc) is 3.12. The van der Waals surface area contributed by atoms with Gasteiger partial charge in [0.1, 0.15) is 6.54 Å². The molecule has 0 spiro atoms. The number of fused-ring (bicyclic) bond motifs is 1. The number of hydrogen-bond acceptors (Lipinski definition) is 5. The number of methoxy groups -OCH3 is 1. The van der Waals surface area contributed by atoms with E-state index in [-0.39, 0.29) is 19.0 Å². The highest BCUT2D eigenvalue weighted by Crippen LogP contribution is 2.14. The molecule has 8 nitrogen and oxygen atoms in total. The highest BCUT2D eigenvalue weighted by Gasteiger charge is 2.23. The van der Waals surface area contributed by atoms with Crippen LogP contribution in [0.1, 0.15) is 11.6 Å². The Morgan fingerprint density at radius 3 is 2.46 bits per heavy atom. The van der Waals surface area contributed by atoms with Crippen LogP contribution in [0.25, 0.3) is 10.9 Å². The van der Waals surface area contributed by atoms with Crippen molar-refractivity contribution in [3.8, 4) is 0 Å². The predicted molar refractivity (Wildman–Crippen MR) is 102 cm³/mol. The Kier molecular flexibility index (Phi) is 6.01. The van der Waals surface area contributed by atoms with Crippen LogP contribution >= 0.6 is 0 Å². The topological polar surface area (TPSA) is 102 Å². The van der Waals surface area contributed by atoms with Gasteiger partial charge in [-0.05, 0) is 11.6 Å². The van der Waals surface area contributed by atoms with E-state index in [1.165, 1.54) is 11.8 Å². The van der Waals surface area contributed by atoms with Crippen molar-refractivity contribution in [2.45, 2.75) is 12.6 Å². The van der Waals surface area contributed by atoms with Gasteiger partial charge >= 0.3 is 5.97 Å². The maximum atomic E-state index is 12.2. The van der Waals surface area contributed by atoms with Gasteiger partial charge in [-0.15, -0.1) is 0 Å². The van der Waals surface area contributed by atoms with Crippen molar-refractivity contribution < 1.29 is 19.1 Å². The van der Waals surface area contributed by atoms with Crippen molar-refractivity contribution in [1.29, 1.82) is 0 Å². The third-order valence-corrected chi connectivity index (χ3v) is 4.09.